The van der Waals surface area contributed by atoms with Crippen LogP contribution in [0.15, 0.2) is 170 Å². The topological polar surface area (TPSA) is 0 Å². The highest BCUT2D eigenvalue weighted by molar-refractivity contribution is 6.21. The van der Waals surface area contributed by atoms with Crippen molar-refractivity contribution in [3.8, 4) is 104 Å². The van der Waals surface area contributed by atoms with Crippen molar-refractivity contribution in [2.24, 2.45) is 0 Å². The number of terminal acetylenes is 1. The fourth-order valence-electron chi connectivity index (χ4n) is 6.69. The Morgan fingerprint density at radius 3 is 1.38 bits per heavy atom. The van der Waals surface area contributed by atoms with Crippen LogP contribution in [0.1, 0.15) is 6.92 Å². The lowest BCUT2D eigenvalue weighted by Crippen LogP contribution is -1.91. The molecule has 0 unspecified atom stereocenters. The Labute approximate surface area is 312 Å². The molecule has 8 aromatic rings. The van der Waals surface area contributed by atoms with Crippen LogP contribution in [0.2, 0.25) is 0 Å². The van der Waals surface area contributed by atoms with Gasteiger partial charge in [0.15, 0.2) is 0 Å². The van der Waals surface area contributed by atoms with Crippen LogP contribution < -0.4 is 0 Å². The first-order valence-electron chi connectivity index (χ1n) is 17.3. The van der Waals surface area contributed by atoms with Crippen molar-refractivity contribution in [2.75, 3.05) is 0 Å². The highest BCUT2D eigenvalue weighted by Gasteiger charge is 2.17. The molecule has 53 heavy (non-hydrogen) atoms. The second-order valence-corrected chi connectivity index (χ2v) is 12.2. The summed E-state index contributed by atoms with van der Waals surface area (Å²) >= 11 is 0. The molecule has 0 N–H and O–H groups in total. The number of hydrogen-bond acceptors (Lipinski definition) is 0. The molecule has 0 heteroatoms. The molecule has 0 fully saturated rings. The zero-order chi connectivity index (χ0) is 36.2. The van der Waals surface area contributed by atoms with E-state index in [4.69, 9.17) is 6.42 Å². The molecule has 0 saturated heterocycles. The average Bonchev–Trinajstić information content (AvgIpc) is 3.23. The van der Waals surface area contributed by atoms with E-state index in [1.165, 1.54) is 76.8 Å². The van der Waals surface area contributed by atoms with Crippen LogP contribution in [0, 0.1) is 59.7 Å². The number of benzene rings is 8. The minimum absolute atomic E-state index is 1.23. The quantitative estimate of drug-likeness (QED) is 0.129. The predicted octanol–water partition coefficient (Wildman–Crippen LogP) is 12.5. The molecule has 0 bridgehead atoms. The van der Waals surface area contributed by atoms with Crippen molar-refractivity contribution in [1.82, 2.24) is 0 Å². The van der Waals surface area contributed by atoms with E-state index in [1.54, 1.807) is 6.92 Å². The largest absolute Gasteiger partial charge is 0.106 e. The first kappa shape index (κ1) is 33.8. The molecule has 0 radical (unpaired) electrons. The molecule has 0 nitrogen and oxygen atoms in total. The maximum absolute atomic E-state index is 4.84. The molecule has 0 aliphatic rings. The van der Waals surface area contributed by atoms with Crippen LogP contribution in [0.4, 0.5) is 0 Å². The molecule has 8 rings (SSSR count). The summed E-state index contributed by atoms with van der Waals surface area (Å²) in [5.74, 6) is 22.0. The fourth-order valence-corrected chi connectivity index (χ4v) is 6.69. The summed E-state index contributed by atoms with van der Waals surface area (Å²) in [5.41, 5.74) is 9.98. The molecule has 0 heterocycles. The van der Waals surface area contributed by atoms with Crippen molar-refractivity contribution in [3.63, 3.8) is 0 Å². The van der Waals surface area contributed by atoms with E-state index < -0.39 is 0 Å². The van der Waals surface area contributed by atoms with Gasteiger partial charge in [0.1, 0.15) is 0 Å². The minimum atomic E-state index is 1.23. The van der Waals surface area contributed by atoms with E-state index in [9.17, 15) is 0 Å². The molecule has 0 spiro atoms. The van der Waals surface area contributed by atoms with Crippen molar-refractivity contribution in [1.29, 1.82) is 0 Å². The number of hydrogen-bond donors (Lipinski definition) is 0. The van der Waals surface area contributed by atoms with Gasteiger partial charge in [0, 0.05) is 0 Å². The average molecular weight is 669 g/mol. The molecule has 0 aliphatic heterocycles. The van der Waals surface area contributed by atoms with Crippen molar-refractivity contribution >= 4 is 32.3 Å². The van der Waals surface area contributed by atoms with Crippen LogP contribution in [-0.4, -0.2) is 0 Å². The van der Waals surface area contributed by atoms with Gasteiger partial charge in [-0.2, -0.15) is 0 Å². The summed E-state index contributed by atoms with van der Waals surface area (Å²) in [7, 11) is 0. The van der Waals surface area contributed by atoms with Gasteiger partial charge in [-0.3, -0.25) is 0 Å². The summed E-state index contributed by atoms with van der Waals surface area (Å²) < 4.78 is 0. The van der Waals surface area contributed by atoms with Gasteiger partial charge >= 0.3 is 0 Å². The molecule has 0 aromatic heterocycles. The minimum Gasteiger partial charge on any atom is -0.106 e. The summed E-state index contributed by atoms with van der Waals surface area (Å²) in [4.78, 5) is 0. The lowest BCUT2D eigenvalue weighted by atomic mass is 9.85. The zero-order valence-electron chi connectivity index (χ0n) is 29.2. The predicted molar refractivity (Wildman–Crippen MR) is 226 cm³/mol. The molecule has 0 saturated carbocycles. The molecule has 0 amide bonds. The van der Waals surface area contributed by atoms with Crippen molar-refractivity contribution in [2.45, 2.75) is 6.92 Å². The van der Waals surface area contributed by atoms with Gasteiger partial charge in [0.2, 0.25) is 0 Å². The van der Waals surface area contributed by atoms with Gasteiger partial charge in [0.05, 0.1) is 0 Å². The third-order valence-corrected chi connectivity index (χ3v) is 9.02. The summed E-state index contributed by atoms with van der Waals surface area (Å²) in [6.45, 7) is 1.71. The monoisotopic (exact) mass is 668 g/mol. The summed E-state index contributed by atoms with van der Waals surface area (Å²) in [5, 5.41) is 7.63. The second-order valence-electron chi connectivity index (χ2n) is 12.2. The van der Waals surface area contributed by atoms with Gasteiger partial charge in [-0.05, 0) is 143 Å². The Hall–Kier alpha value is -7.66. The van der Waals surface area contributed by atoms with Crippen molar-refractivity contribution in [3.05, 3.63) is 170 Å². The fraction of sp³-hybridized carbons (Fsp3) is 0.0189. The van der Waals surface area contributed by atoms with Crippen LogP contribution in [-0.2, 0) is 0 Å². The molecule has 8 aromatic carbocycles. The summed E-state index contributed by atoms with van der Waals surface area (Å²) in [6.07, 6.45) is 4.84. The smallest absolute Gasteiger partial charge is 0.000000534 e. The van der Waals surface area contributed by atoms with E-state index in [0.29, 0.717) is 0 Å². The highest BCUT2D eigenvalue weighted by atomic mass is 14.2. The second kappa shape index (κ2) is 16.4. The first-order chi connectivity index (χ1) is 26.2. The SMILES string of the molecule is C#CC#CC#CC#CC#CC.c1ccc(-c2cccc(-c3c4ccccc4c(-c4ccc(-c5ccc6ccccc6c5)cc4)c4ccccc34)c2)cc1. The van der Waals surface area contributed by atoms with Crippen LogP contribution in [0.3, 0.4) is 0 Å². The van der Waals surface area contributed by atoms with Gasteiger partial charge in [-0.1, -0.05) is 164 Å². The highest BCUT2D eigenvalue weighted by Crippen LogP contribution is 2.44. The third-order valence-electron chi connectivity index (χ3n) is 9.02. The van der Waals surface area contributed by atoms with Crippen molar-refractivity contribution < 1.29 is 0 Å². The molecular weight excluding hydrogens is 637 g/mol. The molecule has 0 atom stereocenters. The lowest BCUT2D eigenvalue weighted by molar-refractivity contribution is 1.61. The van der Waals surface area contributed by atoms with Crippen LogP contribution >= 0.6 is 0 Å². The first-order valence-corrected chi connectivity index (χ1v) is 17.3. The lowest BCUT2D eigenvalue weighted by Gasteiger charge is -2.18. The third kappa shape index (κ3) is 7.59. The van der Waals surface area contributed by atoms with E-state index in [1.807, 2.05) is 0 Å². The van der Waals surface area contributed by atoms with Crippen LogP contribution in [0.25, 0.3) is 76.8 Å². The molecular formula is C53H32. The van der Waals surface area contributed by atoms with Gasteiger partial charge in [-0.25, -0.2) is 0 Å². The molecule has 0 aliphatic carbocycles. The van der Waals surface area contributed by atoms with E-state index in [-0.39, 0.29) is 0 Å². The van der Waals surface area contributed by atoms with E-state index >= 15 is 0 Å². The summed E-state index contributed by atoms with van der Waals surface area (Å²) in [6, 6.07) is 61.7. The van der Waals surface area contributed by atoms with E-state index in [0.717, 1.165) is 0 Å². The Morgan fingerprint density at radius 1 is 0.321 bits per heavy atom. The number of rotatable bonds is 4. The van der Waals surface area contributed by atoms with Gasteiger partial charge in [0.25, 0.3) is 0 Å². The normalized spacial score (nSPS) is 9.74. The maximum atomic E-state index is 4.84. The Morgan fingerprint density at radius 2 is 0.755 bits per heavy atom. The van der Waals surface area contributed by atoms with Gasteiger partial charge in [-0.15, -0.1) is 6.42 Å². The van der Waals surface area contributed by atoms with Crippen LogP contribution in [0.5, 0.6) is 0 Å². The number of fused-ring (bicyclic) bond motifs is 3. The Kier molecular flexibility index (Phi) is 10.4. The Balaban J connectivity index is 0.000000346. The van der Waals surface area contributed by atoms with Gasteiger partial charge < -0.3 is 0 Å². The zero-order valence-corrected chi connectivity index (χ0v) is 29.2. The molecule has 244 valence electrons. The standard InChI is InChI=1S/C42H28.C11H4/c1-2-11-29(12-3-1)34-15-10-16-36(28-34)42-39-19-8-6-17-37(39)41(38-18-7-9-20-40(38)42)32-24-21-31(22-25-32)35-26-23-30-13-4-5-14-33(30)27-35;1-3-5-7-9-11-10-8-6-4-2/h1-28H;1H,2H3. The van der Waals surface area contributed by atoms with E-state index in [2.05, 4.69) is 223 Å². The Bertz CT molecular complexity index is 2850. The maximum Gasteiger partial charge on any atom is -0.000000534 e.